The van der Waals surface area contributed by atoms with E-state index in [1.54, 1.807) is 10.5 Å². The number of benzene rings is 1. The van der Waals surface area contributed by atoms with Crippen LogP contribution in [0.1, 0.15) is 17.0 Å². The number of aryl methyl sites for hydroxylation is 2. The first-order valence-corrected chi connectivity index (χ1v) is 11.9. The van der Waals surface area contributed by atoms with Gasteiger partial charge < -0.3 is 9.64 Å². The third kappa shape index (κ3) is 3.98. The van der Waals surface area contributed by atoms with Crippen molar-refractivity contribution in [3.05, 3.63) is 63.0 Å². The Balaban J connectivity index is 1.49. The summed E-state index contributed by atoms with van der Waals surface area (Å²) in [7, 11) is 0. The van der Waals surface area contributed by atoms with Crippen LogP contribution >= 0.6 is 23.1 Å². The van der Waals surface area contributed by atoms with E-state index in [0.29, 0.717) is 19.0 Å². The molecule has 0 amide bonds. The summed E-state index contributed by atoms with van der Waals surface area (Å²) in [5, 5.41) is 11.7. The first kappa shape index (κ1) is 20.2. The Labute approximate surface area is 187 Å². The lowest BCUT2D eigenvalue weighted by molar-refractivity contribution is 0.122. The minimum absolute atomic E-state index is 0.0477. The number of thioether (sulfide) groups is 1. The third-order valence-corrected chi connectivity index (χ3v) is 7.05. The summed E-state index contributed by atoms with van der Waals surface area (Å²) in [6.07, 6.45) is 0. The molecule has 0 spiro atoms. The number of nitrogens with zero attached hydrogens (tertiary/aromatic N) is 6. The number of thiazole rings is 1. The summed E-state index contributed by atoms with van der Waals surface area (Å²) < 4.78 is 9.23. The van der Waals surface area contributed by atoms with Gasteiger partial charge in [-0.1, -0.05) is 23.9 Å². The second-order valence-corrected chi connectivity index (χ2v) is 9.20. The van der Waals surface area contributed by atoms with Crippen molar-refractivity contribution in [2.45, 2.75) is 24.8 Å². The molecule has 5 rings (SSSR count). The zero-order valence-corrected chi connectivity index (χ0v) is 18.9. The number of morpholine rings is 1. The van der Waals surface area contributed by atoms with Gasteiger partial charge in [-0.25, -0.2) is 4.98 Å². The van der Waals surface area contributed by atoms with E-state index in [0.717, 1.165) is 46.2 Å². The third-order valence-electron chi connectivity index (χ3n) is 5.15. The van der Waals surface area contributed by atoms with Crippen molar-refractivity contribution >= 4 is 34.0 Å². The van der Waals surface area contributed by atoms with Crippen LogP contribution in [0.4, 0.5) is 5.95 Å². The number of rotatable bonds is 5. The number of anilines is 1. The average Bonchev–Trinajstić information content (AvgIpc) is 3.37. The van der Waals surface area contributed by atoms with E-state index >= 15 is 0 Å². The Morgan fingerprint density at radius 2 is 2.00 bits per heavy atom. The van der Waals surface area contributed by atoms with Gasteiger partial charge in [-0.3, -0.25) is 13.8 Å². The maximum absolute atomic E-state index is 12.5. The van der Waals surface area contributed by atoms with Gasteiger partial charge in [0, 0.05) is 36.0 Å². The van der Waals surface area contributed by atoms with Crippen molar-refractivity contribution in [1.82, 2.24) is 24.1 Å². The largest absolute Gasteiger partial charge is 0.378 e. The van der Waals surface area contributed by atoms with Gasteiger partial charge in [0.1, 0.15) is 0 Å². The molecule has 0 unspecified atom stereocenters. The number of fused-ring (bicyclic) bond motifs is 1. The molecule has 8 nitrogen and oxygen atoms in total. The van der Waals surface area contributed by atoms with Crippen LogP contribution in [0.25, 0.3) is 10.6 Å². The maximum Gasteiger partial charge on any atom is 0.258 e. The van der Waals surface area contributed by atoms with E-state index in [1.807, 2.05) is 18.4 Å². The highest BCUT2D eigenvalue weighted by Crippen LogP contribution is 2.29. The quantitative estimate of drug-likeness (QED) is 0.429. The van der Waals surface area contributed by atoms with Crippen LogP contribution in [-0.4, -0.2) is 50.5 Å². The molecule has 31 heavy (non-hydrogen) atoms. The van der Waals surface area contributed by atoms with E-state index in [4.69, 9.17) is 4.74 Å². The summed E-state index contributed by atoms with van der Waals surface area (Å²) in [4.78, 5) is 20.1. The molecule has 0 radical (unpaired) electrons. The van der Waals surface area contributed by atoms with Gasteiger partial charge in [-0.2, -0.15) is 0 Å². The van der Waals surface area contributed by atoms with E-state index in [9.17, 15) is 4.79 Å². The molecular weight excluding hydrogens is 432 g/mol. The van der Waals surface area contributed by atoms with Crippen LogP contribution < -0.4 is 10.5 Å². The van der Waals surface area contributed by atoms with Crippen LogP contribution in [0.15, 0.2) is 45.7 Å². The maximum atomic E-state index is 12.5. The van der Waals surface area contributed by atoms with Crippen LogP contribution in [-0.2, 0) is 10.5 Å². The van der Waals surface area contributed by atoms with Gasteiger partial charge in [0.25, 0.3) is 5.56 Å². The van der Waals surface area contributed by atoms with Crippen molar-refractivity contribution in [1.29, 1.82) is 0 Å². The molecule has 0 saturated carbocycles. The number of ether oxygens (including phenoxy) is 1. The molecule has 160 valence electrons. The van der Waals surface area contributed by atoms with Crippen LogP contribution in [0, 0.1) is 13.8 Å². The monoisotopic (exact) mass is 454 g/mol. The summed E-state index contributed by atoms with van der Waals surface area (Å²) in [5.41, 5.74) is 3.79. The van der Waals surface area contributed by atoms with E-state index < -0.39 is 0 Å². The Morgan fingerprint density at radius 1 is 1.16 bits per heavy atom. The Hall–Kier alpha value is -2.69. The van der Waals surface area contributed by atoms with Gasteiger partial charge in [0.05, 0.1) is 24.6 Å². The molecule has 1 aliphatic heterocycles. The van der Waals surface area contributed by atoms with E-state index in [1.165, 1.54) is 28.7 Å². The molecule has 0 N–H and O–H groups in total. The zero-order valence-electron chi connectivity index (χ0n) is 17.3. The molecule has 0 bridgehead atoms. The van der Waals surface area contributed by atoms with Crippen LogP contribution in [0.5, 0.6) is 0 Å². The zero-order chi connectivity index (χ0) is 21.4. The lowest BCUT2D eigenvalue weighted by Crippen LogP contribution is -2.37. The van der Waals surface area contributed by atoms with Crippen molar-refractivity contribution < 1.29 is 4.74 Å². The van der Waals surface area contributed by atoms with Gasteiger partial charge in [-0.15, -0.1) is 21.5 Å². The summed E-state index contributed by atoms with van der Waals surface area (Å²) in [6.45, 7) is 6.90. The SMILES string of the molecule is Cc1cccc(-n2c(SCc3cc(=O)n4c(C)csc4n3)nnc2N2CCOCC2)c1. The standard InChI is InChI=1S/C21H22N6O2S2/c1-14-4-3-5-17(10-14)27-19(25-6-8-29-9-7-25)23-24-21(27)31-13-16-11-18(28)26-15(2)12-30-20(26)22-16/h3-5,10-12H,6-9,13H2,1-2H3. The van der Waals surface area contributed by atoms with Crippen LogP contribution in [0.2, 0.25) is 0 Å². The van der Waals surface area contributed by atoms with Gasteiger partial charge in [0.2, 0.25) is 5.95 Å². The topological polar surface area (TPSA) is 77.5 Å². The fraction of sp³-hybridized carbons (Fsp3) is 0.333. The van der Waals surface area contributed by atoms with Gasteiger partial charge in [0.15, 0.2) is 10.1 Å². The summed E-state index contributed by atoms with van der Waals surface area (Å²) in [6, 6.07) is 9.91. The van der Waals surface area contributed by atoms with E-state index in [-0.39, 0.29) is 5.56 Å². The molecule has 1 aliphatic rings. The fourth-order valence-corrected chi connectivity index (χ4v) is 5.36. The molecule has 4 aromatic rings. The second-order valence-electron chi connectivity index (χ2n) is 7.43. The highest BCUT2D eigenvalue weighted by atomic mass is 32.2. The predicted octanol–water partition coefficient (Wildman–Crippen LogP) is 3.08. The van der Waals surface area contributed by atoms with Gasteiger partial charge >= 0.3 is 0 Å². The highest BCUT2D eigenvalue weighted by Gasteiger charge is 2.22. The van der Waals surface area contributed by atoms with E-state index in [2.05, 4.69) is 49.8 Å². The van der Waals surface area contributed by atoms with Crippen LogP contribution in [0.3, 0.4) is 0 Å². The molecule has 1 saturated heterocycles. The lowest BCUT2D eigenvalue weighted by atomic mass is 10.2. The van der Waals surface area contributed by atoms with Crippen molar-refractivity contribution in [2.24, 2.45) is 0 Å². The number of hydrogen-bond acceptors (Lipinski definition) is 8. The normalized spacial score (nSPS) is 14.5. The summed E-state index contributed by atoms with van der Waals surface area (Å²) >= 11 is 3.01. The number of aromatic nitrogens is 5. The first-order chi connectivity index (χ1) is 15.1. The predicted molar refractivity (Wildman–Crippen MR) is 123 cm³/mol. The minimum atomic E-state index is -0.0477. The first-order valence-electron chi connectivity index (χ1n) is 10.0. The Bertz CT molecular complexity index is 1290. The fourth-order valence-electron chi connectivity index (χ4n) is 3.63. The Kier molecular flexibility index (Phi) is 5.51. The van der Waals surface area contributed by atoms with Crippen molar-refractivity contribution in [3.8, 4) is 5.69 Å². The summed E-state index contributed by atoms with van der Waals surface area (Å²) in [5.74, 6) is 1.35. The molecular formula is C21H22N6O2S2. The molecule has 1 fully saturated rings. The molecule has 3 aromatic heterocycles. The van der Waals surface area contributed by atoms with Crippen molar-refractivity contribution in [3.63, 3.8) is 0 Å². The molecule has 10 heteroatoms. The molecule has 1 aromatic carbocycles. The lowest BCUT2D eigenvalue weighted by Gasteiger charge is -2.28. The average molecular weight is 455 g/mol. The second kappa shape index (κ2) is 8.45. The van der Waals surface area contributed by atoms with Gasteiger partial charge in [-0.05, 0) is 31.5 Å². The number of hydrogen-bond donors (Lipinski definition) is 0. The molecule has 0 atom stereocenters. The highest BCUT2D eigenvalue weighted by molar-refractivity contribution is 7.98. The molecule has 4 heterocycles. The Morgan fingerprint density at radius 3 is 2.81 bits per heavy atom. The van der Waals surface area contributed by atoms with Crippen molar-refractivity contribution in [2.75, 3.05) is 31.2 Å². The minimum Gasteiger partial charge on any atom is -0.378 e. The smallest absolute Gasteiger partial charge is 0.258 e. The molecule has 0 aliphatic carbocycles.